The first kappa shape index (κ1) is 17.4. The van der Waals surface area contributed by atoms with E-state index >= 15 is 0 Å². The molecule has 2 rings (SSSR count). The quantitative estimate of drug-likeness (QED) is 0.854. The van der Waals surface area contributed by atoms with Crippen LogP contribution in [0.5, 0.6) is 0 Å². The Kier molecular flexibility index (Phi) is 5.60. The number of halogens is 1. The van der Waals surface area contributed by atoms with Crippen LogP contribution < -0.4 is 5.32 Å². The first-order valence-electron chi connectivity index (χ1n) is 7.05. The maximum atomic E-state index is 12.3. The molecular weight excluding hydrogens is 370 g/mol. The summed E-state index contributed by atoms with van der Waals surface area (Å²) in [6.07, 6.45) is 1.07. The fourth-order valence-electron chi connectivity index (χ4n) is 2.39. The number of amides is 1. The third-order valence-electron chi connectivity index (χ3n) is 3.70. The number of benzene rings is 1. The van der Waals surface area contributed by atoms with Crippen molar-refractivity contribution in [2.75, 3.05) is 32.5 Å². The number of anilines is 1. The zero-order valence-electron chi connectivity index (χ0n) is 12.6. The number of carbonyl (C=O) groups is 1. The molecule has 1 aliphatic rings. The third kappa shape index (κ3) is 4.07. The van der Waals surface area contributed by atoms with E-state index in [-0.39, 0.29) is 11.8 Å². The van der Waals surface area contributed by atoms with Crippen molar-refractivity contribution < 1.29 is 13.2 Å². The Hall–Kier alpha value is -0.960. The van der Waals surface area contributed by atoms with Gasteiger partial charge in [-0.25, -0.2) is 0 Å². The van der Waals surface area contributed by atoms with Gasteiger partial charge in [0.05, 0.1) is 0 Å². The molecule has 0 saturated carbocycles. The van der Waals surface area contributed by atoms with Gasteiger partial charge in [0.25, 0.3) is 10.2 Å². The van der Waals surface area contributed by atoms with E-state index in [0.717, 1.165) is 10.2 Å². The van der Waals surface area contributed by atoms with Gasteiger partial charge in [0.1, 0.15) is 0 Å². The number of nitrogens with zero attached hydrogens (tertiary/aromatic N) is 2. The molecule has 122 valence electrons. The van der Waals surface area contributed by atoms with Crippen LogP contribution in [0.4, 0.5) is 5.69 Å². The van der Waals surface area contributed by atoms with Crippen molar-refractivity contribution in [3.63, 3.8) is 0 Å². The standard InChI is InChI=1S/C14H20BrN3O3S/c1-17(2)22(20,21)18-8-6-11(7-9-18)14(19)16-13-5-3-4-12(15)10-13/h3-5,10-11H,6-9H2,1-2H3,(H,16,19). The van der Waals surface area contributed by atoms with E-state index in [1.807, 2.05) is 24.3 Å². The Labute approximate surface area is 139 Å². The van der Waals surface area contributed by atoms with Gasteiger partial charge >= 0.3 is 0 Å². The van der Waals surface area contributed by atoms with E-state index in [2.05, 4.69) is 21.2 Å². The molecule has 0 radical (unpaired) electrons. The molecule has 1 aromatic carbocycles. The minimum Gasteiger partial charge on any atom is -0.326 e. The van der Waals surface area contributed by atoms with E-state index < -0.39 is 10.2 Å². The second kappa shape index (κ2) is 7.08. The monoisotopic (exact) mass is 389 g/mol. The molecule has 0 bridgehead atoms. The molecule has 1 amide bonds. The molecule has 8 heteroatoms. The number of hydrogen-bond donors (Lipinski definition) is 1. The molecular formula is C14H20BrN3O3S. The minimum absolute atomic E-state index is 0.0556. The van der Waals surface area contributed by atoms with E-state index in [0.29, 0.717) is 25.9 Å². The molecule has 1 N–H and O–H groups in total. The zero-order valence-corrected chi connectivity index (χ0v) is 15.0. The smallest absolute Gasteiger partial charge is 0.281 e. The molecule has 1 aliphatic heterocycles. The molecule has 22 heavy (non-hydrogen) atoms. The predicted molar refractivity (Wildman–Crippen MR) is 89.7 cm³/mol. The Morgan fingerprint density at radius 1 is 1.32 bits per heavy atom. The number of piperidine rings is 1. The Morgan fingerprint density at radius 2 is 1.95 bits per heavy atom. The lowest BCUT2D eigenvalue weighted by Gasteiger charge is -2.32. The summed E-state index contributed by atoms with van der Waals surface area (Å²) in [7, 11) is -0.354. The molecule has 0 unspecified atom stereocenters. The highest BCUT2D eigenvalue weighted by Crippen LogP contribution is 2.23. The highest BCUT2D eigenvalue weighted by molar-refractivity contribution is 9.10. The highest BCUT2D eigenvalue weighted by Gasteiger charge is 2.32. The summed E-state index contributed by atoms with van der Waals surface area (Å²) in [6.45, 7) is 0.744. The lowest BCUT2D eigenvalue weighted by Crippen LogP contribution is -2.46. The van der Waals surface area contributed by atoms with Crippen LogP contribution in [-0.2, 0) is 15.0 Å². The van der Waals surface area contributed by atoms with E-state index in [1.165, 1.54) is 22.7 Å². The van der Waals surface area contributed by atoms with Gasteiger partial charge in [-0.05, 0) is 31.0 Å². The van der Waals surface area contributed by atoms with Gasteiger partial charge in [-0.1, -0.05) is 22.0 Å². The van der Waals surface area contributed by atoms with Crippen LogP contribution in [0.3, 0.4) is 0 Å². The molecule has 1 fully saturated rings. The third-order valence-corrected chi connectivity index (χ3v) is 6.14. The van der Waals surface area contributed by atoms with E-state index in [4.69, 9.17) is 0 Å². The molecule has 0 aromatic heterocycles. The number of carbonyl (C=O) groups excluding carboxylic acids is 1. The first-order chi connectivity index (χ1) is 10.3. The summed E-state index contributed by atoms with van der Waals surface area (Å²) in [6, 6.07) is 7.41. The molecule has 1 saturated heterocycles. The van der Waals surface area contributed by atoms with Crippen LogP contribution in [0.25, 0.3) is 0 Å². The van der Waals surface area contributed by atoms with Crippen LogP contribution in [0.2, 0.25) is 0 Å². The normalized spacial score (nSPS) is 17.6. The minimum atomic E-state index is -3.38. The Bertz CT molecular complexity index is 640. The molecule has 0 atom stereocenters. The van der Waals surface area contributed by atoms with Gasteiger partial charge in [-0.2, -0.15) is 17.0 Å². The summed E-state index contributed by atoms with van der Waals surface area (Å²) in [5.41, 5.74) is 0.739. The van der Waals surface area contributed by atoms with Crippen LogP contribution in [0, 0.1) is 5.92 Å². The Morgan fingerprint density at radius 3 is 2.50 bits per heavy atom. The topological polar surface area (TPSA) is 69.7 Å². The van der Waals surface area contributed by atoms with Gasteiger partial charge in [0.15, 0.2) is 0 Å². The fourth-order valence-corrected chi connectivity index (χ4v) is 3.92. The average molecular weight is 390 g/mol. The van der Waals surface area contributed by atoms with Gasteiger partial charge < -0.3 is 5.32 Å². The summed E-state index contributed by atoms with van der Waals surface area (Å²) < 4.78 is 27.6. The maximum absolute atomic E-state index is 12.3. The maximum Gasteiger partial charge on any atom is 0.281 e. The van der Waals surface area contributed by atoms with Crippen molar-refractivity contribution in [1.82, 2.24) is 8.61 Å². The molecule has 0 spiro atoms. The second-order valence-electron chi connectivity index (χ2n) is 5.46. The van der Waals surface area contributed by atoms with E-state index in [9.17, 15) is 13.2 Å². The van der Waals surface area contributed by atoms with Crippen molar-refractivity contribution in [3.05, 3.63) is 28.7 Å². The second-order valence-corrected chi connectivity index (χ2v) is 8.52. The highest BCUT2D eigenvalue weighted by atomic mass is 79.9. The van der Waals surface area contributed by atoms with Crippen molar-refractivity contribution in [2.24, 2.45) is 5.92 Å². The van der Waals surface area contributed by atoms with Gasteiger partial charge in [-0.3, -0.25) is 4.79 Å². The van der Waals surface area contributed by atoms with Crippen LogP contribution in [0.1, 0.15) is 12.8 Å². The van der Waals surface area contributed by atoms with Gasteiger partial charge in [0.2, 0.25) is 5.91 Å². The van der Waals surface area contributed by atoms with Crippen molar-refractivity contribution in [3.8, 4) is 0 Å². The molecule has 0 aliphatic carbocycles. The lowest BCUT2D eigenvalue weighted by molar-refractivity contribution is -0.120. The van der Waals surface area contributed by atoms with Crippen molar-refractivity contribution >= 4 is 37.7 Å². The average Bonchev–Trinajstić information content (AvgIpc) is 2.47. The van der Waals surface area contributed by atoms with E-state index in [1.54, 1.807) is 0 Å². The van der Waals surface area contributed by atoms with Gasteiger partial charge in [0, 0.05) is 43.3 Å². The van der Waals surface area contributed by atoms with Crippen LogP contribution in [-0.4, -0.2) is 50.1 Å². The number of nitrogens with one attached hydrogen (secondary N) is 1. The first-order valence-corrected chi connectivity index (χ1v) is 9.23. The number of hydrogen-bond acceptors (Lipinski definition) is 3. The Balaban J connectivity index is 1.93. The fraction of sp³-hybridized carbons (Fsp3) is 0.500. The summed E-state index contributed by atoms with van der Waals surface area (Å²) in [5, 5.41) is 2.88. The summed E-state index contributed by atoms with van der Waals surface area (Å²) >= 11 is 3.36. The van der Waals surface area contributed by atoms with Crippen LogP contribution >= 0.6 is 15.9 Å². The zero-order chi connectivity index (χ0) is 16.3. The van der Waals surface area contributed by atoms with Gasteiger partial charge in [-0.15, -0.1) is 0 Å². The van der Waals surface area contributed by atoms with Crippen molar-refractivity contribution in [1.29, 1.82) is 0 Å². The molecule has 6 nitrogen and oxygen atoms in total. The molecule has 1 heterocycles. The SMILES string of the molecule is CN(C)S(=O)(=O)N1CCC(C(=O)Nc2cccc(Br)c2)CC1. The largest absolute Gasteiger partial charge is 0.326 e. The number of rotatable bonds is 4. The summed E-state index contributed by atoms with van der Waals surface area (Å²) in [5.74, 6) is -0.215. The van der Waals surface area contributed by atoms with Crippen LogP contribution in [0.15, 0.2) is 28.7 Å². The lowest BCUT2D eigenvalue weighted by atomic mass is 9.97. The van der Waals surface area contributed by atoms with Crippen molar-refractivity contribution in [2.45, 2.75) is 12.8 Å². The molecule has 1 aromatic rings. The summed E-state index contributed by atoms with van der Waals surface area (Å²) in [4.78, 5) is 12.3. The predicted octanol–water partition coefficient (Wildman–Crippen LogP) is 1.91.